The third-order valence-corrected chi connectivity index (χ3v) is 4.73. The molecular formula is C16H23N3O2. The molecule has 0 aromatic heterocycles. The summed E-state index contributed by atoms with van der Waals surface area (Å²) in [6, 6.07) is 0.440. The first-order valence-corrected chi connectivity index (χ1v) is 7.86. The van der Waals surface area contributed by atoms with Gasteiger partial charge in [-0.15, -0.1) is 0 Å². The highest BCUT2D eigenvalue weighted by Gasteiger charge is 2.36. The fraction of sp³-hybridized carbons (Fsp3) is 0.625. The number of nitrogens with zero attached hydrogens (tertiary/aromatic N) is 3. The Labute approximate surface area is 125 Å². The van der Waals surface area contributed by atoms with Crippen LogP contribution in [-0.4, -0.2) is 58.9 Å². The molecule has 0 saturated carbocycles. The van der Waals surface area contributed by atoms with Gasteiger partial charge in [0.05, 0.1) is 0 Å². The van der Waals surface area contributed by atoms with Crippen LogP contribution in [0, 0.1) is 0 Å². The van der Waals surface area contributed by atoms with E-state index in [0.29, 0.717) is 0 Å². The van der Waals surface area contributed by atoms with Crippen molar-refractivity contribution in [1.82, 2.24) is 14.7 Å². The SMILES string of the molecule is CC(=O)N1CCC(N2CCN(C3=CC=CCC3)C2=O)CC1. The molecule has 0 radical (unpaired) electrons. The van der Waals surface area contributed by atoms with Crippen LogP contribution < -0.4 is 0 Å². The first-order chi connectivity index (χ1) is 10.2. The molecule has 2 fully saturated rings. The molecule has 0 aromatic carbocycles. The molecular weight excluding hydrogens is 266 g/mol. The van der Waals surface area contributed by atoms with Gasteiger partial charge >= 0.3 is 6.03 Å². The van der Waals surface area contributed by atoms with Gasteiger partial charge in [0, 0.05) is 44.8 Å². The van der Waals surface area contributed by atoms with E-state index in [9.17, 15) is 9.59 Å². The summed E-state index contributed by atoms with van der Waals surface area (Å²) in [4.78, 5) is 29.8. The Morgan fingerprint density at radius 2 is 1.95 bits per heavy atom. The topological polar surface area (TPSA) is 43.9 Å². The Kier molecular flexibility index (Phi) is 3.99. The molecule has 3 amide bonds. The van der Waals surface area contributed by atoms with Crippen LogP contribution in [0.15, 0.2) is 23.9 Å². The van der Waals surface area contributed by atoms with Gasteiger partial charge in [-0.1, -0.05) is 12.2 Å². The molecule has 2 aliphatic heterocycles. The summed E-state index contributed by atoms with van der Waals surface area (Å²) in [7, 11) is 0. The molecule has 0 bridgehead atoms. The van der Waals surface area contributed by atoms with Crippen LogP contribution in [0.5, 0.6) is 0 Å². The van der Waals surface area contributed by atoms with E-state index in [1.54, 1.807) is 6.92 Å². The summed E-state index contributed by atoms with van der Waals surface area (Å²) in [5.41, 5.74) is 1.14. The van der Waals surface area contributed by atoms with Crippen molar-refractivity contribution in [2.75, 3.05) is 26.2 Å². The molecule has 21 heavy (non-hydrogen) atoms. The van der Waals surface area contributed by atoms with Crippen LogP contribution >= 0.6 is 0 Å². The Bertz CT molecular complexity index is 490. The summed E-state index contributed by atoms with van der Waals surface area (Å²) in [5.74, 6) is 0.141. The molecule has 3 rings (SSSR count). The van der Waals surface area contributed by atoms with Crippen LogP contribution in [-0.2, 0) is 4.79 Å². The third kappa shape index (κ3) is 2.82. The number of hydrogen-bond donors (Lipinski definition) is 0. The molecule has 114 valence electrons. The zero-order chi connectivity index (χ0) is 14.8. The minimum Gasteiger partial charge on any atom is -0.343 e. The van der Waals surface area contributed by atoms with Crippen molar-refractivity contribution in [2.24, 2.45) is 0 Å². The van der Waals surface area contributed by atoms with Crippen molar-refractivity contribution < 1.29 is 9.59 Å². The van der Waals surface area contributed by atoms with Crippen molar-refractivity contribution in [1.29, 1.82) is 0 Å². The number of hydrogen-bond acceptors (Lipinski definition) is 2. The van der Waals surface area contributed by atoms with Gasteiger partial charge in [0.2, 0.25) is 5.91 Å². The van der Waals surface area contributed by atoms with Gasteiger partial charge in [0.25, 0.3) is 0 Å². The lowest BCUT2D eigenvalue weighted by Crippen LogP contribution is -2.47. The maximum atomic E-state index is 12.6. The van der Waals surface area contributed by atoms with E-state index < -0.39 is 0 Å². The van der Waals surface area contributed by atoms with E-state index in [1.807, 2.05) is 20.8 Å². The fourth-order valence-electron chi connectivity index (χ4n) is 3.47. The highest BCUT2D eigenvalue weighted by atomic mass is 16.2. The van der Waals surface area contributed by atoms with E-state index in [4.69, 9.17) is 0 Å². The summed E-state index contributed by atoms with van der Waals surface area (Å²) in [6.45, 7) is 4.77. The van der Waals surface area contributed by atoms with E-state index >= 15 is 0 Å². The quantitative estimate of drug-likeness (QED) is 0.780. The van der Waals surface area contributed by atoms with Gasteiger partial charge in [-0.25, -0.2) is 4.79 Å². The molecule has 0 atom stereocenters. The Balaban J connectivity index is 1.61. The van der Waals surface area contributed by atoms with Crippen molar-refractivity contribution in [3.05, 3.63) is 23.9 Å². The molecule has 0 spiro atoms. The normalized spacial score (nSPS) is 23.8. The molecule has 5 heteroatoms. The average molecular weight is 289 g/mol. The van der Waals surface area contributed by atoms with E-state index in [1.165, 1.54) is 0 Å². The summed E-state index contributed by atoms with van der Waals surface area (Å²) < 4.78 is 0. The van der Waals surface area contributed by atoms with Gasteiger partial charge in [-0.3, -0.25) is 9.69 Å². The number of allylic oxidation sites excluding steroid dienone is 4. The van der Waals surface area contributed by atoms with E-state index in [2.05, 4.69) is 12.2 Å². The number of likely N-dealkylation sites (tertiary alicyclic amines) is 1. The summed E-state index contributed by atoms with van der Waals surface area (Å²) in [5, 5.41) is 0. The summed E-state index contributed by atoms with van der Waals surface area (Å²) in [6.07, 6.45) is 10.0. The van der Waals surface area contributed by atoms with Crippen LogP contribution in [0.4, 0.5) is 4.79 Å². The van der Waals surface area contributed by atoms with Crippen molar-refractivity contribution >= 4 is 11.9 Å². The van der Waals surface area contributed by atoms with Crippen LogP contribution in [0.3, 0.4) is 0 Å². The number of amides is 3. The maximum Gasteiger partial charge on any atom is 0.324 e. The highest BCUT2D eigenvalue weighted by Crippen LogP contribution is 2.26. The highest BCUT2D eigenvalue weighted by molar-refractivity contribution is 5.79. The molecule has 0 unspecified atom stereocenters. The number of carbonyl (C=O) groups is 2. The van der Waals surface area contributed by atoms with Gasteiger partial charge in [0.1, 0.15) is 0 Å². The maximum absolute atomic E-state index is 12.6. The molecule has 1 aliphatic carbocycles. The fourth-order valence-corrected chi connectivity index (χ4v) is 3.47. The second kappa shape index (κ2) is 5.92. The van der Waals surface area contributed by atoms with Crippen molar-refractivity contribution in [3.8, 4) is 0 Å². The second-order valence-electron chi connectivity index (χ2n) is 5.99. The second-order valence-corrected chi connectivity index (χ2v) is 5.99. The predicted molar refractivity (Wildman–Crippen MR) is 80.5 cm³/mol. The number of urea groups is 1. The number of piperidine rings is 1. The zero-order valence-electron chi connectivity index (χ0n) is 12.6. The molecule has 5 nitrogen and oxygen atoms in total. The van der Waals surface area contributed by atoms with Crippen molar-refractivity contribution in [2.45, 2.75) is 38.6 Å². The van der Waals surface area contributed by atoms with Gasteiger partial charge in [0.15, 0.2) is 0 Å². The molecule has 2 heterocycles. The Morgan fingerprint density at radius 3 is 2.57 bits per heavy atom. The van der Waals surface area contributed by atoms with Crippen molar-refractivity contribution in [3.63, 3.8) is 0 Å². The van der Waals surface area contributed by atoms with Crippen LogP contribution in [0.2, 0.25) is 0 Å². The third-order valence-electron chi connectivity index (χ3n) is 4.73. The first kappa shape index (κ1) is 14.2. The van der Waals surface area contributed by atoms with Crippen LogP contribution in [0.25, 0.3) is 0 Å². The lowest BCUT2D eigenvalue weighted by molar-refractivity contribution is -0.130. The van der Waals surface area contributed by atoms with E-state index in [0.717, 1.165) is 57.6 Å². The monoisotopic (exact) mass is 289 g/mol. The predicted octanol–water partition coefficient (Wildman–Crippen LogP) is 1.97. The minimum atomic E-state index is 0.141. The van der Waals surface area contributed by atoms with Crippen LogP contribution in [0.1, 0.15) is 32.6 Å². The van der Waals surface area contributed by atoms with Gasteiger partial charge in [-0.05, 0) is 31.8 Å². The average Bonchev–Trinajstić information content (AvgIpc) is 2.90. The largest absolute Gasteiger partial charge is 0.343 e. The van der Waals surface area contributed by atoms with Gasteiger partial charge < -0.3 is 9.80 Å². The minimum absolute atomic E-state index is 0.141. The Morgan fingerprint density at radius 1 is 1.19 bits per heavy atom. The smallest absolute Gasteiger partial charge is 0.324 e. The molecule has 0 aromatic rings. The lowest BCUT2D eigenvalue weighted by Gasteiger charge is -2.36. The lowest BCUT2D eigenvalue weighted by atomic mass is 10.0. The standard InChI is InChI=1S/C16H23N3O2/c1-13(20)17-9-7-15(8-10-17)19-12-11-18(16(19)21)14-5-3-2-4-6-14/h2-3,5,15H,4,6-12H2,1H3. The number of rotatable bonds is 2. The molecule has 0 N–H and O–H groups in total. The van der Waals surface area contributed by atoms with Gasteiger partial charge in [-0.2, -0.15) is 0 Å². The summed E-state index contributed by atoms with van der Waals surface area (Å²) >= 11 is 0. The number of carbonyl (C=O) groups excluding carboxylic acids is 2. The van der Waals surface area contributed by atoms with E-state index in [-0.39, 0.29) is 18.0 Å². The Hall–Kier alpha value is -1.78. The zero-order valence-corrected chi connectivity index (χ0v) is 12.6. The first-order valence-electron chi connectivity index (χ1n) is 7.86. The molecule has 2 saturated heterocycles. The molecule has 3 aliphatic rings.